The van der Waals surface area contributed by atoms with Crippen LogP contribution < -0.4 is 10.5 Å². The molecule has 0 spiro atoms. The van der Waals surface area contributed by atoms with E-state index in [0.717, 1.165) is 5.56 Å². The van der Waals surface area contributed by atoms with E-state index in [1.165, 1.54) is 0 Å². The molecule has 0 aliphatic rings. The Labute approximate surface area is 104 Å². The largest absolute Gasteiger partial charge is 0.497 e. The maximum atomic E-state index is 11.8. The third-order valence-electron chi connectivity index (χ3n) is 2.23. The van der Waals surface area contributed by atoms with Gasteiger partial charge in [0, 0.05) is 6.04 Å². The van der Waals surface area contributed by atoms with E-state index in [9.17, 15) is 13.2 Å². The highest BCUT2D eigenvalue weighted by Crippen LogP contribution is 2.16. The van der Waals surface area contributed by atoms with E-state index in [2.05, 4.69) is 4.74 Å². The highest BCUT2D eigenvalue weighted by molar-refractivity contribution is 5.28. The SMILES string of the molecule is COc1cccc(CC(N)COCC(F)(F)F)c1. The van der Waals surface area contributed by atoms with Crippen molar-refractivity contribution in [2.45, 2.75) is 18.6 Å². The summed E-state index contributed by atoms with van der Waals surface area (Å²) in [5, 5.41) is 0. The fourth-order valence-electron chi connectivity index (χ4n) is 1.49. The van der Waals surface area contributed by atoms with Crippen LogP contribution in [0.2, 0.25) is 0 Å². The normalized spacial score (nSPS) is 13.4. The summed E-state index contributed by atoms with van der Waals surface area (Å²) >= 11 is 0. The lowest BCUT2D eigenvalue weighted by Crippen LogP contribution is -2.31. The van der Waals surface area contributed by atoms with Crippen LogP contribution in [-0.2, 0) is 11.2 Å². The Morgan fingerprint density at radius 3 is 2.67 bits per heavy atom. The number of halogens is 3. The van der Waals surface area contributed by atoms with Gasteiger partial charge < -0.3 is 15.2 Å². The molecule has 0 heterocycles. The summed E-state index contributed by atoms with van der Waals surface area (Å²) in [5.74, 6) is 0.691. The Morgan fingerprint density at radius 2 is 2.06 bits per heavy atom. The van der Waals surface area contributed by atoms with Gasteiger partial charge in [-0.25, -0.2) is 0 Å². The van der Waals surface area contributed by atoms with Crippen molar-refractivity contribution in [3.8, 4) is 5.75 Å². The summed E-state index contributed by atoms with van der Waals surface area (Å²) in [6, 6.07) is 6.75. The molecule has 18 heavy (non-hydrogen) atoms. The van der Waals surface area contributed by atoms with Crippen molar-refractivity contribution in [1.82, 2.24) is 0 Å². The number of hydrogen-bond donors (Lipinski definition) is 1. The monoisotopic (exact) mass is 263 g/mol. The molecule has 0 radical (unpaired) electrons. The van der Waals surface area contributed by atoms with Crippen LogP contribution in [0.3, 0.4) is 0 Å². The number of nitrogens with two attached hydrogens (primary N) is 1. The second-order valence-corrected chi connectivity index (χ2v) is 3.95. The topological polar surface area (TPSA) is 44.5 Å². The summed E-state index contributed by atoms with van der Waals surface area (Å²) in [5.41, 5.74) is 6.59. The summed E-state index contributed by atoms with van der Waals surface area (Å²) in [4.78, 5) is 0. The molecule has 102 valence electrons. The van der Waals surface area contributed by atoms with Crippen LogP contribution in [-0.4, -0.2) is 32.5 Å². The molecule has 0 saturated heterocycles. The lowest BCUT2D eigenvalue weighted by atomic mass is 10.1. The molecule has 1 rings (SSSR count). The standard InChI is InChI=1S/C12H16F3NO2/c1-17-11-4-2-3-9(6-11)5-10(16)7-18-8-12(13,14)15/h2-4,6,10H,5,7-8,16H2,1H3. The van der Waals surface area contributed by atoms with E-state index in [4.69, 9.17) is 10.5 Å². The fraction of sp³-hybridized carbons (Fsp3) is 0.500. The van der Waals surface area contributed by atoms with Crippen LogP contribution in [0, 0.1) is 0 Å². The zero-order valence-corrected chi connectivity index (χ0v) is 10.0. The molecule has 1 atom stereocenters. The molecule has 1 aromatic rings. The van der Waals surface area contributed by atoms with Gasteiger partial charge in [0.1, 0.15) is 12.4 Å². The number of rotatable bonds is 6. The first kappa shape index (κ1) is 14.8. The van der Waals surface area contributed by atoms with Gasteiger partial charge in [0.05, 0.1) is 13.7 Å². The van der Waals surface area contributed by atoms with Gasteiger partial charge in [0.25, 0.3) is 0 Å². The first-order chi connectivity index (χ1) is 8.40. The van der Waals surface area contributed by atoms with Crippen molar-refractivity contribution in [1.29, 1.82) is 0 Å². The number of benzene rings is 1. The Hall–Kier alpha value is -1.27. The quantitative estimate of drug-likeness (QED) is 0.855. The average molecular weight is 263 g/mol. The molecule has 1 aromatic carbocycles. The number of methoxy groups -OCH3 is 1. The molecule has 1 unspecified atom stereocenters. The van der Waals surface area contributed by atoms with Crippen molar-refractivity contribution in [3.63, 3.8) is 0 Å². The van der Waals surface area contributed by atoms with Crippen molar-refractivity contribution >= 4 is 0 Å². The Balaban J connectivity index is 2.37. The van der Waals surface area contributed by atoms with Gasteiger partial charge in [-0.15, -0.1) is 0 Å². The van der Waals surface area contributed by atoms with Crippen LogP contribution in [0.15, 0.2) is 24.3 Å². The van der Waals surface area contributed by atoms with E-state index in [1.54, 1.807) is 25.3 Å². The van der Waals surface area contributed by atoms with Gasteiger partial charge in [-0.1, -0.05) is 12.1 Å². The Kier molecular flexibility index (Phi) is 5.43. The summed E-state index contributed by atoms with van der Waals surface area (Å²) < 4.78 is 45.1. The molecule has 0 aliphatic carbocycles. The average Bonchev–Trinajstić information content (AvgIpc) is 2.27. The Morgan fingerprint density at radius 1 is 1.33 bits per heavy atom. The van der Waals surface area contributed by atoms with Crippen molar-refractivity contribution < 1.29 is 22.6 Å². The first-order valence-electron chi connectivity index (χ1n) is 5.43. The minimum absolute atomic E-state index is 0.128. The highest BCUT2D eigenvalue weighted by Gasteiger charge is 2.27. The van der Waals surface area contributed by atoms with Crippen LogP contribution in [0.1, 0.15) is 5.56 Å². The predicted octanol–water partition coefficient (Wildman–Crippen LogP) is 2.14. The van der Waals surface area contributed by atoms with Crippen molar-refractivity contribution in [2.24, 2.45) is 5.73 Å². The van der Waals surface area contributed by atoms with E-state index < -0.39 is 18.8 Å². The molecule has 3 nitrogen and oxygen atoms in total. The van der Waals surface area contributed by atoms with Gasteiger partial charge in [-0.3, -0.25) is 0 Å². The Bertz CT molecular complexity index is 369. The van der Waals surface area contributed by atoms with Crippen LogP contribution >= 0.6 is 0 Å². The van der Waals surface area contributed by atoms with E-state index in [0.29, 0.717) is 12.2 Å². The molecule has 0 aromatic heterocycles. The molecule has 0 bridgehead atoms. The number of hydrogen-bond acceptors (Lipinski definition) is 3. The number of ether oxygens (including phenoxy) is 2. The van der Waals surface area contributed by atoms with Gasteiger partial charge >= 0.3 is 6.18 Å². The minimum atomic E-state index is -4.31. The number of alkyl halides is 3. The minimum Gasteiger partial charge on any atom is -0.497 e. The van der Waals surface area contributed by atoms with E-state index >= 15 is 0 Å². The van der Waals surface area contributed by atoms with E-state index in [1.807, 2.05) is 6.07 Å². The molecular formula is C12H16F3NO2. The predicted molar refractivity (Wildman–Crippen MR) is 61.5 cm³/mol. The fourth-order valence-corrected chi connectivity index (χ4v) is 1.49. The van der Waals surface area contributed by atoms with E-state index in [-0.39, 0.29) is 6.61 Å². The third kappa shape index (κ3) is 5.88. The first-order valence-corrected chi connectivity index (χ1v) is 5.43. The third-order valence-corrected chi connectivity index (χ3v) is 2.23. The van der Waals surface area contributed by atoms with Crippen molar-refractivity contribution in [2.75, 3.05) is 20.3 Å². The maximum Gasteiger partial charge on any atom is 0.411 e. The van der Waals surface area contributed by atoms with Gasteiger partial charge in [0.15, 0.2) is 0 Å². The maximum absolute atomic E-state index is 11.8. The molecule has 2 N–H and O–H groups in total. The molecule has 0 aliphatic heterocycles. The van der Waals surface area contributed by atoms with Gasteiger partial charge in [0.2, 0.25) is 0 Å². The zero-order chi connectivity index (χ0) is 13.6. The second kappa shape index (κ2) is 6.61. The summed E-state index contributed by atoms with van der Waals surface area (Å²) in [7, 11) is 1.55. The lowest BCUT2D eigenvalue weighted by molar-refractivity contribution is -0.174. The summed E-state index contributed by atoms with van der Waals surface area (Å²) in [6.07, 6.45) is -3.87. The second-order valence-electron chi connectivity index (χ2n) is 3.95. The molecule has 6 heteroatoms. The highest BCUT2D eigenvalue weighted by atomic mass is 19.4. The zero-order valence-electron chi connectivity index (χ0n) is 10.0. The summed E-state index contributed by atoms with van der Waals surface area (Å²) in [6.45, 7) is -1.39. The molecular weight excluding hydrogens is 247 g/mol. The van der Waals surface area contributed by atoms with Gasteiger partial charge in [-0.2, -0.15) is 13.2 Å². The molecule has 0 saturated carbocycles. The van der Waals surface area contributed by atoms with Gasteiger partial charge in [-0.05, 0) is 24.1 Å². The molecule has 0 fully saturated rings. The van der Waals surface area contributed by atoms with Crippen LogP contribution in [0.4, 0.5) is 13.2 Å². The van der Waals surface area contributed by atoms with Crippen molar-refractivity contribution in [3.05, 3.63) is 29.8 Å². The smallest absolute Gasteiger partial charge is 0.411 e. The molecule has 0 amide bonds. The van der Waals surface area contributed by atoms with Crippen LogP contribution in [0.25, 0.3) is 0 Å². The van der Waals surface area contributed by atoms with Crippen LogP contribution in [0.5, 0.6) is 5.75 Å². The lowest BCUT2D eigenvalue weighted by Gasteiger charge is -2.14.